The van der Waals surface area contributed by atoms with Crippen LogP contribution in [0.4, 0.5) is 11.8 Å². The van der Waals surface area contributed by atoms with Gasteiger partial charge in [-0.2, -0.15) is 9.97 Å². The van der Waals surface area contributed by atoms with Crippen molar-refractivity contribution in [3.63, 3.8) is 0 Å². The maximum absolute atomic E-state index is 5.30. The van der Waals surface area contributed by atoms with Gasteiger partial charge in [-0.05, 0) is 52.3 Å². The summed E-state index contributed by atoms with van der Waals surface area (Å²) in [6.45, 7) is 7.30. The lowest BCUT2D eigenvalue weighted by atomic mass is 10.0. The van der Waals surface area contributed by atoms with Crippen molar-refractivity contribution in [1.82, 2.24) is 15.3 Å². The van der Waals surface area contributed by atoms with Crippen LogP contribution in [-0.2, 0) is 0 Å². The first kappa shape index (κ1) is 16.7. The summed E-state index contributed by atoms with van der Waals surface area (Å²) >= 11 is 5.26. The largest absolute Gasteiger partial charge is 0.481 e. The van der Waals surface area contributed by atoms with Crippen molar-refractivity contribution in [1.29, 1.82) is 0 Å². The molecule has 0 aliphatic carbocycles. The van der Waals surface area contributed by atoms with Crippen molar-refractivity contribution in [2.75, 3.05) is 23.9 Å². The third-order valence-electron chi connectivity index (χ3n) is 3.64. The Hall–Kier alpha value is -1.63. The molecule has 2 N–H and O–H groups in total. The lowest BCUT2D eigenvalue weighted by Crippen LogP contribution is -2.38. The third-order valence-corrected chi connectivity index (χ3v) is 3.86. The number of thiocarbonyl (C=S) groups is 1. The molecule has 1 fully saturated rings. The van der Waals surface area contributed by atoms with Gasteiger partial charge in [-0.1, -0.05) is 0 Å². The van der Waals surface area contributed by atoms with E-state index >= 15 is 0 Å². The summed E-state index contributed by atoms with van der Waals surface area (Å²) in [4.78, 5) is 11.2. The third kappa shape index (κ3) is 4.43. The molecule has 6 nitrogen and oxygen atoms in total. The van der Waals surface area contributed by atoms with Crippen LogP contribution in [0.1, 0.15) is 40.0 Å². The summed E-state index contributed by atoms with van der Waals surface area (Å²) in [5.41, 5.74) is 0. The van der Waals surface area contributed by atoms with E-state index in [-0.39, 0.29) is 6.04 Å². The summed E-state index contributed by atoms with van der Waals surface area (Å²) in [5.74, 6) is 1.89. The molecule has 1 atom stereocenters. The van der Waals surface area contributed by atoms with Gasteiger partial charge in [-0.25, -0.2) is 0 Å². The number of nitrogens with zero attached hydrogens (tertiary/aromatic N) is 3. The Morgan fingerprint density at radius 1 is 1.41 bits per heavy atom. The zero-order chi connectivity index (χ0) is 16.1. The molecular weight excluding hydrogens is 298 g/mol. The highest BCUT2D eigenvalue weighted by atomic mass is 32.1. The fraction of sp³-hybridized carbons (Fsp3) is 0.667. The number of ether oxygens (including phenoxy) is 1. The SMILES string of the molecule is COc1cc(N2CCCCC2C)nc(NC(=S)NC(C)C)n1. The van der Waals surface area contributed by atoms with Gasteiger partial charge in [0.2, 0.25) is 11.8 Å². The maximum atomic E-state index is 5.30. The quantitative estimate of drug-likeness (QED) is 0.826. The molecule has 0 amide bonds. The van der Waals surface area contributed by atoms with Crippen LogP contribution in [0.3, 0.4) is 0 Å². The topological polar surface area (TPSA) is 62.3 Å². The van der Waals surface area contributed by atoms with Gasteiger partial charge in [0.25, 0.3) is 0 Å². The number of methoxy groups -OCH3 is 1. The van der Waals surface area contributed by atoms with E-state index in [1.54, 1.807) is 7.11 Å². The van der Waals surface area contributed by atoms with Crippen LogP contribution >= 0.6 is 12.2 Å². The Labute approximate surface area is 137 Å². The molecule has 0 saturated carbocycles. The monoisotopic (exact) mass is 323 g/mol. The van der Waals surface area contributed by atoms with Gasteiger partial charge < -0.3 is 20.3 Å². The number of hydrogen-bond donors (Lipinski definition) is 2. The summed E-state index contributed by atoms with van der Waals surface area (Å²) < 4.78 is 5.30. The van der Waals surface area contributed by atoms with E-state index in [2.05, 4.69) is 32.4 Å². The molecule has 0 spiro atoms. The second kappa shape index (κ2) is 7.58. The zero-order valence-electron chi connectivity index (χ0n) is 13.7. The number of nitrogens with one attached hydrogen (secondary N) is 2. The average Bonchev–Trinajstić information content (AvgIpc) is 2.46. The van der Waals surface area contributed by atoms with Crippen LogP contribution in [0, 0.1) is 0 Å². The molecule has 1 unspecified atom stereocenters. The molecule has 2 heterocycles. The van der Waals surface area contributed by atoms with E-state index < -0.39 is 0 Å². The van der Waals surface area contributed by atoms with Crippen LogP contribution in [-0.4, -0.2) is 40.8 Å². The molecule has 122 valence electrons. The molecule has 0 bridgehead atoms. The van der Waals surface area contributed by atoms with E-state index in [4.69, 9.17) is 17.0 Å². The highest BCUT2D eigenvalue weighted by Crippen LogP contribution is 2.26. The summed E-state index contributed by atoms with van der Waals surface area (Å²) in [6.07, 6.45) is 3.64. The summed E-state index contributed by atoms with van der Waals surface area (Å²) in [6, 6.07) is 2.61. The number of hydrogen-bond acceptors (Lipinski definition) is 5. The first-order chi connectivity index (χ1) is 10.5. The molecule has 2 rings (SSSR count). The molecule has 1 aromatic rings. The lowest BCUT2D eigenvalue weighted by molar-refractivity contribution is 0.396. The Kier molecular flexibility index (Phi) is 5.76. The standard InChI is InChI=1S/C15H25N5OS/c1-10(2)16-15(22)19-14-17-12(9-13(18-14)21-4)20-8-6-5-7-11(20)3/h9-11H,5-8H2,1-4H3,(H2,16,17,18,19,22). The van der Waals surface area contributed by atoms with Crippen LogP contribution < -0.4 is 20.3 Å². The average molecular weight is 323 g/mol. The molecule has 1 aliphatic heterocycles. The van der Waals surface area contributed by atoms with Gasteiger partial charge in [0.15, 0.2) is 5.11 Å². The van der Waals surface area contributed by atoms with Crippen molar-refractivity contribution in [3.8, 4) is 5.88 Å². The predicted octanol–water partition coefficient (Wildman–Crippen LogP) is 2.56. The molecule has 1 aromatic heterocycles. The fourth-order valence-electron chi connectivity index (χ4n) is 2.56. The molecule has 22 heavy (non-hydrogen) atoms. The highest BCUT2D eigenvalue weighted by Gasteiger charge is 2.21. The van der Waals surface area contributed by atoms with Crippen molar-refractivity contribution in [2.24, 2.45) is 0 Å². The molecule has 1 saturated heterocycles. The molecule has 7 heteroatoms. The zero-order valence-corrected chi connectivity index (χ0v) is 14.5. The van der Waals surface area contributed by atoms with Crippen molar-refractivity contribution in [2.45, 2.75) is 52.1 Å². The van der Waals surface area contributed by atoms with E-state index in [1.165, 1.54) is 19.3 Å². The Morgan fingerprint density at radius 2 is 2.18 bits per heavy atom. The summed E-state index contributed by atoms with van der Waals surface area (Å²) in [5, 5.41) is 6.67. The van der Waals surface area contributed by atoms with Crippen LogP contribution in [0.25, 0.3) is 0 Å². The van der Waals surface area contributed by atoms with Crippen LogP contribution in [0.15, 0.2) is 6.07 Å². The van der Waals surface area contributed by atoms with Gasteiger partial charge in [0, 0.05) is 24.7 Å². The smallest absolute Gasteiger partial charge is 0.234 e. The number of aromatic nitrogens is 2. The van der Waals surface area contributed by atoms with Crippen molar-refractivity contribution in [3.05, 3.63) is 6.07 Å². The van der Waals surface area contributed by atoms with Gasteiger partial charge in [0.05, 0.1) is 7.11 Å². The lowest BCUT2D eigenvalue weighted by Gasteiger charge is -2.34. The summed E-state index contributed by atoms with van der Waals surface area (Å²) in [7, 11) is 1.61. The van der Waals surface area contributed by atoms with E-state index in [1.807, 2.05) is 19.9 Å². The van der Waals surface area contributed by atoms with Gasteiger partial charge in [-0.15, -0.1) is 0 Å². The maximum Gasteiger partial charge on any atom is 0.234 e. The first-order valence-corrected chi connectivity index (χ1v) is 8.17. The Balaban J connectivity index is 2.20. The number of anilines is 2. The first-order valence-electron chi connectivity index (χ1n) is 7.77. The van der Waals surface area contributed by atoms with Crippen molar-refractivity contribution < 1.29 is 4.74 Å². The van der Waals surface area contributed by atoms with E-state index in [0.717, 1.165) is 12.4 Å². The Bertz CT molecular complexity index is 523. The second-order valence-corrected chi connectivity index (χ2v) is 6.29. The van der Waals surface area contributed by atoms with Gasteiger partial charge in [0.1, 0.15) is 5.82 Å². The van der Waals surface area contributed by atoms with Gasteiger partial charge in [-0.3, -0.25) is 0 Å². The number of piperidine rings is 1. The van der Waals surface area contributed by atoms with Crippen LogP contribution in [0.5, 0.6) is 5.88 Å². The molecular formula is C15H25N5OS. The second-order valence-electron chi connectivity index (χ2n) is 5.88. The molecule has 0 aromatic carbocycles. The number of rotatable bonds is 4. The minimum Gasteiger partial charge on any atom is -0.481 e. The minimum absolute atomic E-state index is 0.257. The molecule has 0 radical (unpaired) electrons. The van der Waals surface area contributed by atoms with E-state index in [0.29, 0.717) is 23.0 Å². The highest BCUT2D eigenvalue weighted by molar-refractivity contribution is 7.80. The Morgan fingerprint density at radius 3 is 2.82 bits per heavy atom. The fourth-order valence-corrected chi connectivity index (χ4v) is 2.89. The van der Waals surface area contributed by atoms with E-state index in [9.17, 15) is 0 Å². The normalized spacial score (nSPS) is 18.2. The minimum atomic E-state index is 0.257. The van der Waals surface area contributed by atoms with Crippen molar-refractivity contribution >= 4 is 29.1 Å². The predicted molar refractivity (Wildman–Crippen MR) is 93.7 cm³/mol. The van der Waals surface area contributed by atoms with Gasteiger partial charge >= 0.3 is 0 Å². The molecule has 1 aliphatic rings. The van der Waals surface area contributed by atoms with Crippen LogP contribution in [0.2, 0.25) is 0 Å².